The van der Waals surface area contributed by atoms with E-state index < -0.39 is 0 Å². The molecule has 0 aromatic heterocycles. The summed E-state index contributed by atoms with van der Waals surface area (Å²) in [5.41, 5.74) is 6.88. The smallest absolute Gasteiger partial charge is 0.306 e. The monoisotopic (exact) mass is 239 g/mol. The zero-order valence-electron chi connectivity index (χ0n) is 9.60. The summed E-state index contributed by atoms with van der Waals surface area (Å²) in [7, 11) is 1.41. The summed E-state index contributed by atoms with van der Waals surface area (Å²) < 4.78 is 4.57. The highest BCUT2D eigenvalue weighted by atomic mass is 32.2. The summed E-state index contributed by atoms with van der Waals surface area (Å²) >= 11 is 1.64. The molecular formula is C12H17NO2S. The summed E-state index contributed by atoms with van der Waals surface area (Å²) in [6.45, 7) is 1.96. The van der Waals surface area contributed by atoms with Crippen LogP contribution in [0.15, 0.2) is 29.2 Å². The highest BCUT2D eigenvalue weighted by Gasteiger charge is 2.02. The SMILES string of the molecule is COC(=O)CCSc1ccc([C@H](C)N)cc1. The summed E-state index contributed by atoms with van der Waals surface area (Å²) in [6.07, 6.45) is 0.441. The maximum atomic E-state index is 10.9. The van der Waals surface area contributed by atoms with Crippen LogP contribution in [0, 0.1) is 0 Å². The fraction of sp³-hybridized carbons (Fsp3) is 0.417. The van der Waals surface area contributed by atoms with Crippen LogP contribution in [0.1, 0.15) is 24.9 Å². The van der Waals surface area contributed by atoms with E-state index >= 15 is 0 Å². The summed E-state index contributed by atoms with van der Waals surface area (Å²) in [5.74, 6) is 0.573. The molecule has 0 spiro atoms. The van der Waals surface area contributed by atoms with E-state index in [9.17, 15) is 4.79 Å². The Morgan fingerprint density at radius 2 is 2.06 bits per heavy atom. The van der Waals surface area contributed by atoms with E-state index in [1.807, 2.05) is 31.2 Å². The van der Waals surface area contributed by atoms with E-state index in [1.54, 1.807) is 11.8 Å². The van der Waals surface area contributed by atoms with Crippen LogP contribution in [0.4, 0.5) is 0 Å². The Hall–Kier alpha value is -1.00. The topological polar surface area (TPSA) is 52.3 Å². The van der Waals surface area contributed by atoms with E-state index in [0.29, 0.717) is 6.42 Å². The molecule has 0 amide bonds. The van der Waals surface area contributed by atoms with Crippen molar-refractivity contribution in [3.63, 3.8) is 0 Å². The van der Waals surface area contributed by atoms with Crippen LogP contribution in [0.2, 0.25) is 0 Å². The maximum absolute atomic E-state index is 10.9. The second-order valence-corrected chi connectivity index (χ2v) is 4.70. The Kier molecular flexibility index (Phi) is 5.35. The van der Waals surface area contributed by atoms with Crippen molar-refractivity contribution in [3.05, 3.63) is 29.8 Å². The molecule has 1 aromatic carbocycles. The van der Waals surface area contributed by atoms with E-state index in [4.69, 9.17) is 5.73 Å². The number of esters is 1. The van der Waals surface area contributed by atoms with E-state index in [-0.39, 0.29) is 12.0 Å². The Bertz CT molecular complexity index is 335. The number of ether oxygens (including phenoxy) is 1. The molecule has 0 unspecified atom stereocenters. The molecule has 3 nitrogen and oxygen atoms in total. The third kappa shape index (κ3) is 4.24. The van der Waals surface area contributed by atoms with Gasteiger partial charge in [0, 0.05) is 16.7 Å². The van der Waals surface area contributed by atoms with Gasteiger partial charge in [-0.1, -0.05) is 12.1 Å². The quantitative estimate of drug-likeness (QED) is 0.633. The van der Waals surface area contributed by atoms with Gasteiger partial charge < -0.3 is 10.5 Å². The van der Waals surface area contributed by atoms with E-state index in [2.05, 4.69) is 4.74 Å². The number of carbonyl (C=O) groups excluding carboxylic acids is 1. The normalized spacial score (nSPS) is 12.2. The number of hydrogen-bond acceptors (Lipinski definition) is 4. The van der Waals surface area contributed by atoms with E-state index in [1.165, 1.54) is 7.11 Å². The first-order chi connectivity index (χ1) is 7.63. The summed E-state index contributed by atoms with van der Waals surface area (Å²) in [5, 5.41) is 0. The lowest BCUT2D eigenvalue weighted by molar-refractivity contribution is -0.140. The highest BCUT2D eigenvalue weighted by molar-refractivity contribution is 7.99. The van der Waals surface area contributed by atoms with Crippen LogP contribution in [-0.2, 0) is 9.53 Å². The summed E-state index contributed by atoms with van der Waals surface area (Å²) in [4.78, 5) is 12.0. The van der Waals surface area contributed by atoms with Crippen molar-refractivity contribution in [2.45, 2.75) is 24.3 Å². The standard InChI is InChI=1S/C12H17NO2S/c1-9(13)10-3-5-11(6-4-10)16-8-7-12(14)15-2/h3-6,9H,7-8,13H2,1-2H3/t9-/m0/s1. The van der Waals surface area contributed by atoms with Crippen molar-refractivity contribution in [1.82, 2.24) is 0 Å². The predicted molar refractivity (Wildman–Crippen MR) is 66.4 cm³/mol. The molecule has 0 aliphatic heterocycles. The number of methoxy groups -OCH3 is 1. The van der Waals surface area contributed by atoms with Crippen molar-refractivity contribution < 1.29 is 9.53 Å². The van der Waals surface area contributed by atoms with Crippen molar-refractivity contribution in [2.24, 2.45) is 5.73 Å². The number of carbonyl (C=O) groups is 1. The largest absolute Gasteiger partial charge is 0.469 e. The molecule has 1 aromatic rings. The van der Waals surface area contributed by atoms with Crippen LogP contribution in [-0.4, -0.2) is 18.8 Å². The number of benzene rings is 1. The number of nitrogens with two attached hydrogens (primary N) is 1. The second kappa shape index (κ2) is 6.55. The molecule has 88 valence electrons. The molecule has 0 radical (unpaired) electrons. The average Bonchev–Trinajstić information content (AvgIpc) is 2.29. The van der Waals surface area contributed by atoms with Gasteiger partial charge in [0.05, 0.1) is 13.5 Å². The van der Waals surface area contributed by atoms with Gasteiger partial charge in [0.1, 0.15) is 0 Å². The molecule has 0 bridgehead atoms. The third-order valence-electron chi connectivity index (χ3n) is 2.21. The molecule has 1 atom stereocenters. The highest BCUT2D eigenvalue weighted by Crippen LogP contribution is 2.20. The van der Waals surface area contributed by atoms with Gasteiger partial charge in [-0.05, 0) is 24.6 Å². The van der Waals surface area contributed by atoms with E-state index in [0.717, 1.165) is 16.2 Å². The lowest BCUT2D eigenvalue weighted by Gasteiger charge is -2.06. The van der Waals surface area contributed by atoms with Gasteiger partial charge >= 0.3 is 5.97 Å². The number of rotatable bonds is 5. The molecule has 0 heterocycles. The average molecular weight is 239 g/mol. The van der Waals surface area contributed by atoms with Crippen LogP contribution < -0.4 is 5.73 Å². The fourth-order valence-electron chi connectivity index (χ4n) is 1.22. The van der Waals surface area contributed by atoms with Crippen molar-refractivity contribution >= 4 is 17.7 Å². The Morgan fingerprint density at radius 1 is 1.44 bits per heavy atom. The second-order valence-electron chi connectivity index (χ2n) is 3.53. The van der Waals surface area contributed by atoms with Gasteiger partial charge in [0.2, 0.25) is 0 Å². The van der Waals surface area contributed by atoms with Gasteiger partial charge in [-0.15, -0.1) is 11.8 Å². The lowest BCUT2D eigenvalue weighted by atomic mass is 10.1. The zero-order chi connectivity index (χ0) is 12.0. The Morgan fingerprint density at radius 3 is 2.56 bits per heavy atom. The van der Waals surface area contributed by atoms with Gasteiger partial charge in [-0.3, -0.25) is 4.79 Å². The molecule has 0 saturated heterocycles. The lowest BCUT2D eigenvalue weighted by Crippen LogP contribution is -2.04. The maximum Gasteiger partial charge on any atom is 0.306 e. The number of thioether (sulfide) groups is 1. The van der Waals surface area contributed by atoms with Crippen molar-refractivity contribution in [2.75, 3.05) is 12.9 Å². The van der Waals surface area contributed by atoms with Crippen LogP contribution in [0.25, 0.3) is 0 Å². The molecular weight excluding hydrogens is 222 g/mol. The predicted octanol–water partition coefficient (Wildman–Crippen LogP) is 2.36. The fourth-order valence-corrected chi connectivity index (χ4v) is 2.05. The first-order valence-electron chi connectivity index (χ1n) is 5.18. The molecule has 4 heteroatoms. The molecule has 0 saturated carbocycles. The Labute approximate surface area is 100 Å². The summed E-state index contributed by atoms with van der Waals surface area (Å²) in [6, 6.07) is 8.16. The zero-order valence-corrected chi connectivity index (χ0v) is 10.4. The minimum absolute atomic E-state index is 0.0640. The minimum atomic E-state index is -0.167. The molecule has 0 aliphatic rings. The third-order valence-corrected chi connectivity index (χ3v) is 3.22. The van der Waals surface area contributed by atoms with Crippen LogP contribution in [0.5, 0.6) is 0 Å². The molecule has 16 heavy (non-hydrogen) atoms. The molecule has 0 fully saturated rings. The first-order valence-corrected chi connectivity index (χ1v) is 6.17. The molecule has 1 rings (SSSR count). The van der Waals surface area contributed by atoms with Gasteiger partial charge in [-0.2, -0.15) is 0 Å². The van der Waals surface area contributed by atoms with Crippen molar-refractivity contribution in [3.8, 4) is 0 Å². The molecule has 2 N–H and O–H groups in total. The van der Waals surface area contributed by atoms with Gasteiger partial charge in [0.15, 0.2) is 0 Å². The van der Waals surface area contributed by atoms with Crippen LogP contribution >= 0.6 is 11.8 Å². The van der Waals surface area contributed by atoms with Gasteiger partial charge in [-0.25, -0.2) is 0 Å². The molecule has 0 aliphatic carbocycles. The van der Waals surface area contributed by atoms with Gasteiger partial charge in [0.25, 0.3) is 0 Å². The first kappa shape index (κ1) is 13.1. The Balaban J connectivity index is 2.40. The minimum Gasteiger partial charge on any atom is -0.469 e. The number of hydrogen-bond donors (Lipinski definition) is 1. The van der Waals surface area contributed by atoms with Crippen LogP contribution in [0.3, 0.4) is 0 Å². The van der Waals surface area contributed by atoms with Crippen molar-refractivity contribution in [1.29, 1.82) is 0 Å².